The van der Waals surface area contributed by atoms with E-state index in [0.717, 1.165) is 5.56 Å². The number of hydrogen-bond acceptors (Lipinski definition) is 4. The summed E-state index contributed by atoms with van der Waals surface area (Å²) in [6.07, 6.45) is 0. The van der Waals surface area contributed by atoms with E-state index in [1.807, 2.05) is 14.1 Å². The van der Waals surface area contributed by atoms with Crippen LogP contribution in [0.15, 0.2) is 18.2 Å². The monoisotopic (exact) mass is 327 g/mol. The van der Waals surface area contributed by atoms with Gasteiger partial charge in [-0.15, -0.1) is 10.2 Å². The molecule has 0 bridgehead atoms. The van der Waals surface area contributed by atoms with E-state index in [-0.39, 0.29) is 11.7 Å². The number of amides is 1. The third-order valence-corrected chi connectivity index (χ3v) is 3.27. The number of aromatic nitrogens is 3. The third kappa shape index (κ3) is 3.65. The normalized spacial score (nSPS) is 10.5. The Bertz CT molecular complexity index is 648. The quantitative estimate of drug-likeness (QED) is 0.934. The van der Waals surface area contributed by atoms with E-state index < -0.39 is 0 Å². The summed E-state index contributed by atoms with van der Waals surface area (Å²) < 4.78 is 1.63. The molecule has 0 radical (unpaired) electrons. The summed E-state index contributed by atoms with van der Waals surface area (Å²) >= 11 is 11.8. The fraction of sp³-hybridized carbons (Fsp3) is 0.308. The summed E-state index contributed by atoms with van der Waals surface area (Å²) in [5, 5.41) is 11.7. The van der Waals surface area contributed by atoms with Gasteiger partial charge in [0.15, 0.2) is 0 Å². The van der Waals surface area contributed by atoms with Gasteiger partial charge in [-0.3, -0.25) is 9.36 Å². The summed E-state index contributed by atoms with van der Waals surface area (Å²) in [5.41, 5.74) is 0.816. The minimum absolute atomic E-state index is 0.242. The highest BCUT2D eigenvalue weighted by molar-refractivity contribution is 6.34. The highest BCUT2D eigenvalue weighted by atomic mass is 35.5. The summed E-state index contributed by atoms with van der Waals surface area (Å²) in [4.78, 5) is 13.9. The van der Waals surface area contributed by atoms with Gasteiger partial charge in [0.2, 0.25) is 11.8 Å². The highest BCUT2D eigenvalue weighted by Gasteiger charge is 2.16. The average molecular weight is 328 g/mol. The van der Waals surface area contributed by atoms with Crippen LogP contribution in [0.25, 0.3) is 0 Å². The molecule has 0 unspecified atom stereocenters. The van der Waals surface area contributed by atoms with E-state index >= 15 is 0 Å². The molecule has 0 atom stereocenters. The zero-order chi connectivity index (χ0) is 15.6. The van der Waals surface area contributed by atoms with Gasteiger partial charge in [-0.25, -0.2) is 0 Å². The molecule has 21 heavy (non-hydrogen) atoms. The van der Waals surface area contributed by atoms with Crippen molar-refractivity contribution in [3.8, 4) is 0 Å². The standard InChI is InChI=1S/C13H15Cl2N5O/c1-19(2)13-18-17-11(20(13)3)12(21)16-7-8-4-9(14)6-10(15)5-8/h4-6H,7H2,1-3H3,(H,16,21). The number of nitrogens with zero attached hydrogens (tertiary/aromatic N) is 4. The second kappa shape index (κ2) is 6.32. The van der Waals surface area contributed by atoms with Gasteiger partial charge in [0.05, 0.1) is 0 Å². The molecular formula is C13H15Cl2N5O. The fourth-order valence-corrected chi connectivity index (χ4v) is 2.45. The van der Waals surface area contributed by atoms with Crippen molar-refractivity contribution in [2.24, 2.45) is 7.05 Å². The van der Waals surface area contributed by atoms with Gasteiger partial charge < -0.3 is 10.2 Å². The van der Waals surface area contributed by atoms with Crippen LogP contribution in [0.5, 0.6) is 0 Å². The van der Waals surface area contributed by atoms with Crippen LogP contribution in [-0.2, 0) is 13.6 Å². The van der Waals surface area contributed by atoms with Crippen LogP contribution in [0.1, 0.15) is 16.2 Å². The number of benzene rings is 1. The van der Waals surface area contributed by atoms with Crippen LogP contribution < -0.4 is 10.2 Å². The molecule has 2 aromatic rings. The predicted octanol–water partition coefficient (Wildman–Crippen LogP) is 2.12. The molecule has 112 valence electrons. The highest BCUT2D eigenvalue weighted by Crippen LogP contribution is 2.19. The van der Waals surface area contributed by atoms with Crippen LogP contribution in [0.3, 0.4) is 0 Å². The molecule has 2 rings (SSSR count). The molecule has 0 spiro atoms. The maximum atomic E-state index is 12.1. The Morgan fingerprint density at radius 1 is 1.24 bits per heavy atom. The molecule has 0 saturated carbocycles. The predicted molar refractivity (Wildman–Crippen MR) is 83.0 cm³/mol. The summed E-state index contributed by atoms with van der Waals surface area (Å²) in [7, 11) is 5.40. The maximum Gasteiger partial charge on any atom is 0.289 e. The zero-order valence-electron chi connectivity index (χ0n) is 11.9. The Morgan fingerprint density at radius 2 is 1.86 bits per heavy atom. The van der Waals surface area contributed by atoms with Gasteiger partial charge in [0.1, 0.15) is 0 Å². The number of nitrogens with one attached hydrogen (secondary N) is 1. The van der Waals surface area contributed by atoms with Crippen LogP contribution in [0, 0.1) is 0 Å². The average Bonchev–Trinajstić information content (AvgIpc) is 2.77. The number of halogens is 2. The summed E-state index contributed by atoms with van der Waals surface area (Å²) in [6, 6.07) is 5.13. The number of carbonyl (C=O) groups excluding carboxylic acids is 1. The van der Waals surface area contributed by atoms with Crippen molar-refractivity contribution in [2.75, 3.05) is 19.0 Å². The Kier molecular flexibility index (Phi) is 4.69. The van der Waals surface area contributed by atoms with Crippen molar-refractivity contribution in [3.05, 3.63) is 39.6 Å². The number of anilines is 1. The first kappa shape index (κ1) is 15.6. The topological polar surface area (TPSA) is 63.1 Å². The van der Waals surface area contributed by atoms with Crippen LogP contribution in [0.2, 0.25) is 10.0 Å². The molecule has 1 aromatic carbocycles. The van der Waals surface area contributed by atoms with Gasteiger partial charge in [0, 0.05) is 37.7 Å². The molecule has 1 heterocycles. The number of carbonyl (C=O) groups is 1. The lowest BCUT2D eigenvalue weighted by Gasteiger charge is -2.11. The Balaban J connectivity index is 2.08. The number of hydrogen-bond donors (Lipinski definition) is 1. The van der Waals surface area contributed by atoms with E-state index in [9.17, 15) is 4.79 Å². The van der Waals surface area contributed by atoms with Gasteiger partial charge in [-0.1, -0.05) is 23.2 Å². The summed E-state index contributed by atoms with van der Waals surface area (Å²) in [5.74, 6) is 0.534. The Labute approximate surface area is 132 Å². The maximum absolute atomic E-state index is 12.1. The third-order valence-electron chi connectivity index (χ3n) is 2.83. The van der Waals surface area contributed by atoms with E-state index in [1.54, 1.807) is 34.7 Å². The molecule has 8 heteroatoms. The van der Waals surface area contributed by atoms with E-state index in [4.69, 9.17) is 23.2 Å². The van der Waals surface area contributed by atoms with Crippen molar-refractivity contribution >= 4 is 35.1 Å². The SMILES string of the molecule is CN(C)c1nnc(C(=O)NCc2cc(Cl)cc(Cl)c2)n1C. The molecule has 0 fully saturated rings. The first-order chi connectivity index (χ1) is 9.88. The molecular weight excluding hydrogens is 313 g/mol. The second-order valence-electron chi connectivity index (χ2n) is 4.74. The first-order valence-electron chi connectivity index (χ1n) is 6.18. The lowest BCUT2D eigenvalue weighted by Crippen LogP contribution is -2.26. The fourth-order valence-electron chi connectivity index (χ4n) is 1.88. The summed E-state index contributed by atoms with van der Waals surface area (Å²) in [6.45, 7) is 0.309. The van der Waals surface area contributed by atoms with Crippen LogP contribution in [-0.4, -0.2) is 34.8 Å². The van der Waals surface area contributed by atoms with Crippen LogP contribution >= 0.6 is 23.2 Å². The first-order valence-corrected chi connectivity index (χ1v) is 6.94. The van der Waals surface area contributed by atoms with Crippen molar-refractivity contribution < 1.29 is 4.79 Å². The second-order valence-corrected chi connectivity index (χ2v) is 5.61. The van der Waals surface area contributed by atoms with E-state index in [2.05, 4.69) is 15.5 Å². The van der Waals surface area contributed by atoms with Crippen LogP contribution in [0.4, 0.5) is 5.95 Å². The molecule has 0 saturated heterocycles. The van der Waals surface area contributed by atoms with Gasteiger partial charge in [0.25, 0.3) is 5.91 Å². The van der Waals surface area contributed by atoms with Gasteiger partial charge in [-0.05, 0) is 23.8 Å². The molecule has 0 aliphatic carbocycles. The van der Waals surface area contributed by atoms with E-state index in [0.29, 0.717) is 22.5 Å². The molecule has 0 aliphatic rings. The lowest BCUT2D eigenvalue weighted by atomic mass is 10.2. The van der Waals surface area contributed by atoms with Crippen molar-refractivity contribution in [1.82, 2.24) is 20.1 Å². The molecule has 1 amide bonds. The zero-order valence-corrected chi connectivity index (χ0v) is 13.4. The Morgan fingerprint density at radius 3 is 2.38 bits per heavy atom. The van der Waals surface area contributed by atoms with Crippen molar-refractivity contribution in [3.63, 3.8) is 0 Å². The molecule has 1 aromatic heterocycles. The van der Waals surface area contributed by atoms with E-state index in [1.165, 1.54) is 0 Å². The van der Waals surface area contributed by atoms with Gasteiger partial charge >= 0.3 is 0 Å². The Hall–Kier alpha value is -1.79. The molecule has 1 N–H and O–H groups in total. The van der Waals surface area contributed by atoms with Crippen molar-refractivity contribution in [1.29, 1.82) is 0 Å². The minimum Gasteiger partial charge on any atom is -0.347 e. The number of rotatable bonds is 4. The molecule has 0 aliphatic heterocycles. The smallest absolute Gasteiger partial charge is 0.289 e. The largest absolute Gasteiger partial charge is 0.347 e. The van der Waals surface area contributed by atoms with Crippen molar-refractivity contribution in [2.45, 2.75) is 6.54 Å². The van der Waals surface area contributed by atoms with Gasteiger partial charge in [-0.2, -0.15) is 0 Å². The molecule has 6 nitrogen and oxygen atoms in total. The lowest BCUT2D eigenvalue weighted by molar-refractivity contribution is 0.0937. The minimum atomic E-state index is -0.311.